The van der Waals surface area contributed by atoms with Crippen LogP contribution in [0, 0.1) is 0 Å². The van der Waals surface area contributed by atoms with Gasteiger partial charge in [-0.15, -0.1) is 0 Å². The average molecular weight is 420 g/mol. The lowest BCUT2D eigenvalue weighted by molar-refractivity contribution is 0.255. The Bertz CT molecular complexity index is 977. The average Bonchev–Trinajstić information content (AvgIpc) is 2.75. The lowest BCUT2D eigenvalue weighted by atomic mass is 10.2. The van der Waals surface area contributed by atoms with E-state index in [1.54, 1.807) is 13.2 Å². The highest BCUT2D eigenvalue weighted by molar-refractivity contribution is 7.90. The topological polar surface area (TPSA) is 101 Å². The van der Waals surface area contributed by atoms with Gasteiger partial charge in [0.05, 0.1) is 39.6 Å². The summed E-state index contributed by atoms with van der Waals surface area (Å²) in [6.45, 7) is 1.50. The zero-order chi connectivity index (χ0) is 20.9. The number of aliphatic imine (C=N–C) groups is 1. The highest BCUT2D eigenvalue weighted by Gasteiger charge is 2.21. The third kappa shape index (κ3) is 5.09. The second-order valence-corrected chi connectivity index (χ2v) is 7.96. The first kappa shape index (κ1) is 20.7. The number of hydrogen-bond acceptors (Lipinski definition) is 8. The molecule has 0 bridgehead atoms. The minimum Gasteiger partial charge on any atom is -0.497 e. The first-order valence-corrected chi connectivity index (χ1v) is 10.3. The van der Waals surface area contributed by atoms with Crippen molar-refractivity contribution in [3.63, 3.8) is 0 Å². The van der Waals surface area contributed by atoms with E-state index in [9.17, 15) is 8.42 Å². The lowest BCUT2D eigenvalue weighted by Gasteiger charge is -2.27. The van der Waals surface area contributed by atoms with Crippen LogP contribution in [-0.4, -0.2) is 53.9 Å². The van der Waals surface area contributed by atoms with E-state index < -0.39 is 10.0 Å². The van der Waals surface area contributed by atoms with Crippen LogP contribution in [0.15, 0.2) is 52.4 Å². The lowest BCUT2D eigenvalue weighted by Crippen LogP contribution is -2.49. The maximum Gasteiger partial charge on any atom is 0.264 e. The monoisotopic (exact) mass is 420 g/mol. The minimum atomic E-state index is -3.81. The van der Waals surface area contributed by atoms with Crippen molar-refractivity contribution in [2.24, 2.45) is 4.99 Å². The van der Waals surface area contributed by atoms with E-state index in [2.05, 4.69) is 15.0 Å². The Labute approximate surface area is 170 Å². The molecule has 1 aliphatic heterocycles. The molecule has 1 heterocycles. The number of guanidine groups is 1. The Morgan fingerprint density at radius 1 is 1.03 bits per heavy atom. The zero-order valence-electron chi connectivity index (χ0n) is 16.5. The molecular formula is C19H24N4O5S. The summed E-state index contributed by atoms with van der Waals surface area (Å²) in [6, 6.07) is 12.2. The second-order valence-electron chi connectivity index (χ2n) is 6.28. The Morgan fingerprint density at radius 2 is 1.76 bits per heavy atom. The highest BCUT2D eigenvalue weighted by Crippen LogP contribution is 2.29. The standard InChI is InChI=1S/C19H24N4O5S/c1-26-15-6-4-14(5-7-15)11-23-12-20-19(21-13-23)22-29(24,25)16-8-9-17(27-2)18(10-16)28-3/h4-10H,11-13H2,1-3H3,(H2,20,21,22). The summed E-state index contributed by atoms with van der Waals surface area (Å²) in [5.41, 5.74) is 1.11. The summed E-state index contributed by atoms with van der Waals surface area (Å²) >= 11 is 0. The zero-order valence-corrected chi connectivity index (χ0v) is 17.3. The molecular weight excluding hydrogens is 396 g/mol. The predicted molar refractivity (Wildman–Crippen MR) is 109 cm³/mol. The van der Waals surface area contributed by atoms with Crippen LogP contribution in [-0.2, 0) is 16.6 Å². The summed E-state index contributed by atoms with van der Waals surface area (Å²) in [6.07, 6.45) is 0. The molecule has 9 nitrogen and oxygen atoms in total. The van der Waals surface area contributed by atoms with Crippen molar-refractivity contribution < 1.29 is 22.6 Å². The number of nitrogens with zero attached hydrogens (tertiary/aromatic N) is 2. The quantitative estimate of drug-likeness (QED) is 0.698. The summed E-state index contributed by atoms with van der Waals surface area (Å²) in [7, 11) is 0.754. The van der Waals surface area contributed by atoms with Crippen LogP contribution in [0.2, 0.25) is 0 Å². The van der Waals surface area contributed by atoms with E-state index in [-0.39, 0.29) is 10.9 Å². The largest absolute Gasteiger partial charge is 0.497 e. The van der Waals surface area contributed by atoms with Gasteiger partial charge in [-0.1, -0.05) is 12.1 Å². The van der Waals surface area contributed by atoms with Gasteiger partial charge in [0, 0.05) is 12.6 Å². The number of benzene rings is 2. The second kappa shape index (κ2) is 9.01. The molecule has 0 spiro atoms. The number of rotatable bonds is 7. The van der Waals surface area contributed by atoms with Crippen LogP contribution in [0.4, 0.5) is 0 Å². The van der Waals surface area contributed by atoms with E-state index in [1.807, 2.05) is 29.2 Å². The van der Waals surface area contributed by atoms with Gasteiger partial charge in [0.2, 0.25) is 5.96 Å². The van der Waals surface area contributed by atoms with E-state index in [0.717, 1.165) is 11.3 Å². The van der Waals surface area contributed by atoms with Crippen molar-refractivity contribution in [3.05, 3.63) is 48.0 Å². The normalized spacial score (nSPS) is 14.5. The third-order valence-electron chi connectivity index (χ3n) is 4.36. The molecule has 2 N–H and O–H groups in total. The summed E-state index contributed by atoms with van der Waals surface area (Å²) in [5.74, 6) is 1.79. The molecule has 156 valence electrons. The van der Waals surface area contributed by atoms with Crippen molar-refractivity contribution in [2.75, 3.05) is 34.7 Å². The van der Waals surface area contributed by atoms with Crippen LogP contribution >= 0.6 is 0 Å². The van der Waals surface area contributed by atoms with E-state index in [4.69, 9.17) is 14.2 Å². The fourth-order valence-electron chi connectivity index (χ4n) is 2.80. The fraction of sp³-hybridized carbons (Fsp3) is 0.316. The molecule has 2 aromatic rings. The van der Waals surface area contributed by atoms with Crippen LogP contribution in [0.1, 0.15) is 5.56 Å². The van der Waals surface area contributed by atoms with Gasteiger partial charge >= 0.3 is 0 Å². The van der Waals surface area contributed by atoms with Crippen molar-refractivity contribution in [1.82, 2.24) is 14.9 Å². The molecule has 0 atom stereocenters. The molecule has 0 aliphatic carbocycles. The van der Waals surface area contributed by atoms with Gasteiger partial charge < -0.3 is 19.5 Å². The molecule has 2 aromatic carbocycles. The van der Waals surface area contributed by atoms with Gasteiger partial charge in [0.25, 0.3) is 10.0 Å². The Kier molecular flexibility index (Phi) is 6.45. The molecule has 1 aliphatic rings. The van der Waals surface area contributed by atoms with E-state index >= 15 is 0 Å². The van der Waals surface area contributed by atoms with Gasteiger partial charge in [-0.2, -0.15) is 0 Å². The van der Waals surface area contributed by atoms with Gasteiger partial charge in [-0.05, 0) is 29.8 Å². The molecule has 10 heteroatoms. The highest BCUT2D eigenvalue weighted by atomic mass is 32.2. The molecule has 29 heavy (non-hydrogen) atoms. The van der Waals surface area contributed by atoms with Crippen LogP contribution in [0.5, 0.6) is 17.2 Å². The van der Waals surface area contributed by atoms with Crippen molar-refractivity contribution in [1.29, 1.82) is 0 Å². The van der Waals surface area contributed by atoms with E-state index in [0.29, 0.717) is 31.4 Å². The van der Waals surface area contributed by atoms with Crippen molar-refractivity contribution in [3.8, 4) is 17.2 Å². The SMILES string of the molecule is COc1ccc(CN2CN=C(NS(=O)(=O)c3ccc(OC)c(OC)c3)NC2)cc1. The first-order valence-electron chi connectivity index (χ1n) is 8.83. The maximum absolute atomic E-state index is 12.6. The van der Waals surface area contributed by atoms with Crippen LogP contribution < -0.4 is 24.2 Å². The number of nitrogens with one attached hydrogen (secondary N) is 2. The van der Waals surface area contributed by atoms with Crippen LogP contribution in [0.25, 0.3) is 0 Å². The maximum atomic E-state index is 12.6. The molecule has 0 unspecified atom stereocenters. The third-order valence-corrected chi connectivity index (χ3v) is 5.70. The number of methoxy groups -OCH3 is 3. The predicted octanol–water partition coefficient (Wildman–Crippen LogP) is 1.37. The van der Waals surface area contributed by atoms with Gasteiger partial charge in [-0.3, -0.25) is 4.90 Å². The molecule has 0 amide bonds. The van der Waals surface area contributed by atoms with Gasteiger partial charge in [0.1, 0.15) is 5.75 Å². The fourth-order valence-corrected chi connectivity index (χ4v) is 3.82. The molecule has 3 rings (SSSR count). The van der Waals surface area contributed by atoms with Gasteiger partial charge in [-0.25, -0.2) is 18.1 Å². The molecule has 0 aromatic heterocycles. The van der Waals surface area contributed by atoms with Crippen molar-refractivity contribution in [2.45, 2.75) is 11.4 Å². The molecule has 0 radical (unpaired) electrons. The minimum absolute atomic E-state index is 0.0558. The number of ether oxygens (including phenoxy) is 3. The Morgan fingerprint density at radius 3 is 2.34 bits per heavy atom. The summed E-state index contributed by atoms with van der Waals surface area (Å²) < 4.78 is 43.2. The molecule has 0 saturated heterocycles. The summed E-state index contributed by atoms with van der Waals surface area (Å²) in [4.78, 5) is 6.38. The van der Waals surface area contributed by atoms with E-state index in [1.165, 1.54) is 26.4 Å². The first-order chi connectivity index (χ1) is 13.9. The summed E-state index contributed by atoms with van der Waals surface area (Å²) in [5, 5.41) is 2.99. The van der Waals surface area contributed by atoms with Crippen molar-refractivity contribution >= 4 is 16.0 Å². The smallest absolute Gasteiger partial charge is 0.264 e. The van der Waals surface area contributed by atoms with Crippen LogP contribution in [0.3, 0.4) is 0 Å². The molecule has 0 saturated carbocycles. The Balaban J connectivity index is 1.63. The number of sulfonamides is 1. The molecule has 0 fully saturated rings. The Hall–Kier alpha value is -2.98. The van der Waals surface area contributed by atoms with Gasteiger partial charge in [0.15, 0.2) is 11.5 Å². The number of hydrogen-bond donors (Lipinski definition) is 2.